The summed E-state index contributed by atoms with van der Waals surface area (Å²) in [5.74, 6) is 0. The quantitative estimate of drug-likeness (QED) is 0.321. The molecule has 1 unspecified atom stereocenters. The van der Waals surface area contributed by atoms with Crippen LogP contribution < -0.4 is 0 Å². The third kappa shape index (κ3) is 1.25. The number of epoxide rings is 1. The minimum absolute atomic E-state index is 0. The van der Waals surface area contributed by atoms with Gasteiger partial charge in [-0.15, -0.1) is 0 Å². The average Bonchev–Trinajstić information content (AvgIpc) is 2.22. The molecule has 1 aliphatic heterocycles. The number of hydrogen-bond acceptors (Lipinski definition) is 2. The van der Waals surface area contributed by atoms with Crippen LogP contribution >= 0.6 is 0 Å². The van der Waals surface area contributed by atoms with Gasteiger partial charge in [-0.2, -0.15) is 0 Å². The lowest BCUT2D eigenvalue weighted by atomic mass is 10.2. The Bertz CT molecular complexity index is 75.0. The maximum Gasteiger partial charge on any atom is 0.153 e. The van der Waals surface area contributed by atoms with E-state index in [-0.39, 0.29) is 11.1 Å². The minimum atomic E-state index is -0.389. The maximum atomic E-state index is 9.76. The van der Waals surface area contributed by atoms with Crippen molar-refractivity contribution in [1.82, 2.24) is 0 Å². The fourth-order valence-corrected chi connectivity index (χ4v) is 0.182. The van der Waals surface area contributed by atoms with Crippen LogP contribution in [0.4, 0.5) is 0 Å². The SMILES string of the molecule is CC1(C=O)CO1.O. The van der Waals surface area contributed by atoms with E-state index in [1.54, 1.807) is 6.92 Å². The zero-order valence-corrected chi connectivity index (χ0v) is 4.10. The van der Waals surface area contributed by atoms with Crippen LogP contribution in [0.1, 0.15) is 6.92 Å². The molecule has 1 heterocycles. The van der Waals surface area contributed by atoms with Crippen molar-refractivity contribution in [3.05, 3.63) is 0 Å². The van der Waals surface area contributed by atoms with Gasteiger partial charge in [-0.1, -0.05) is 0 Å². The Balaban J connectivity index is 0.000000360. The maximum absolute atomic E-state index is 9.76. The predicted octanol–water partition coefficient (Wildman–Crippen LogP) is -0.851. The molecule has 1 aliphatic rings. The molecule has 0 amide bonds. The molecule has 0 aromatic carbocycles. The molecule has 3 heteroatoms. The number of ether oxygens (including phenoxy) is 1. The Kier molecular flexibility index (Phi) is 1.50. The van der Waals surface area contributed by atoms with E-state index in [2.05, 4.69) is 4.74 Å². The first-order chi connectivity index (χ1) is 2.77. The van der Waals surface area contributed by atoms with E-state index in [1.807, 2.05) is 0 Å². The van der Waals surface area contributed by atoms with Crippen molar-refractivity contribution in [2.45, 2.75) is 12.5 Å². The molecule has 0 aliphatic carbocycles. The second-order valence-electron chi connectivity index (χ2n) is 1.72. The predicted molar refractivity (Wildman–Crippen MR) is 24.0 cm³/mol. The number of rotatable bonds is 1. The second kappa shape index (κ2) is 1.60. The Morgan fingerprint density at radius 2 is 2.29 bits per heavy atom. The van der Waals surface area contributed by atoms with Crippen molar-refractivity contribution in [3.63, 3.8) is 0 Å². The van der Waals surface area contributed by atoms with Crippen LogP contribution in [0.15, 0.2) is 0 Å². The molecule has 0 bridgehead atoms. The van der Waals surface area contributed by atoms with Crippen LogP contribution in [0, 0.1) is 0 Å². The first-order valence-electron chi connectivity index (χ1n) is 1.87. The third-order valence-corrected chi connectivity index (χ3v) is 0.849. The van der Waals surface area contributed by atoms with Gasteiger partial charge in [-0.3, -0.25) is 0 Å². The summed E-state index contributed by atoms with van der Waals surface area (Å²) in [7, 11) is 0. The normalized spacial score (nSPS) is 36.1. The molecular weight excluding hydrogens is 96.0 g/mol. The Hall–Kier alpha value is -0.410. The van der Waals surface area contributed by atoms with E-state index in [0.29, 0.717) is 6.61 Å². The van der Waals surface area contributed by atoms with Gasteiger partial charge in [0.15, 0.2) is 6.29 Å². The highest BCUT2D eigenvalue weighted by molar-refractivity contribution is 5.65. The van der Waals surface area contributed by atoms with Crippen molar-refractivity contribution in [2.24, 2.45) is 0 Å². The Morgan fingerprint density at radius 3 is 2.29 bits per heavy atom. The van der Waals surface area contributed by atoms with Gasteiger partial charge in [0.1, 0.15) is 5.60 Å². The summed E-state index contributed by atoms with van der Waals surface area (Å²) >= 11 is 0. The summed E-state index contributed by atoms with van der Waals surface area (Å²) in [6.07, 6.45) is 0.826. The molecule has 7 heavy (non-hydrogen) atoms. The largest absolute Gasteiger partial charge is 0.412 e. The highest BCUT2D eigenvalue weighted by Gasteiger charge is 2.38. The Labute approximate surface area is 41.6 Å². The topological polar surface area (TPSA) is 61.1 Å². The molecule has 1 fully saturated rings. The molecule has 1 atom stereocenters. The van der Waals surface area contributed by atoms with Gasteiger partial charge >= 0.3 is 0 Å². The number of carbonyl (C=O) groups excluding carboxylic acids is 1. The van der Waals surface area contributed by atoms with Crippen molar-refractivity contribution in [1.29, 1.82) is 0 Å². The molecule has 0 aromatic heterocycles. The van der Waals surface area contributed by atoms with E-state index >= 15 is 0 Å². The van der Waals surface area contributed by atoms with Crippen LogP contribution in [-0.2, 0) is 9.53 Å². The smallest absolute Gasteiger partial charge is 0.153 e. The van der Waals surface area contributed by atoms with Gasteiger partial charge in [0.2, 0.25) is 0 Å². The monoisotopic (exact) mass is 104 g/mol. The minimum Gasteiger partial charge on any atom is -0.412 e. The van der Waals surface area contributed by atoms with E-state index < -0.39 is 0 Å². The molecule has 2 N–H and O–H groups in total. The van der Waals surface area contributed by atoms with E-state index in [1.165, 1.54) is 0 Å². The lowest BCUT2D eigenvalue weighted by Gasteiger charge is -1.80. The van der Waals surface area contributed by atoms with Gasteiger partial charge in [0.05, 0.1) is 6.61 Å². The zero-order chi connectivity index (χ0) is 4.62. The number of hydrogen-bond donors (Lipinski definition) is 0. The zero-order valence-electron chi connectivity index (χ0n) is 4.10. The Morgan fingerprint density at radius 1 is 1.86 bits per heavy atom. The van der Waals surface area contributed by atoms with Crippen LogP contribution in [0.3, 0.4) is 0 Å². The highest BCUT2D eigenvalue weighted by atomic mass is 16.6. The molecule has 0 aromatic rings. The summed E-state index contributed by atoms with van der Waals surface area (Å²) in [6, 6.07) is 0. The van der Waals surface area contributed by atoms with E-state index in [0.717, 1.165) is 6.29 Å². The molecule has 0 saturated carbocycles. The first kappa shape index (κ1) is 6.59. The third-order valence-electron chi connectivity index (χ3n) is 0.849. The summed E-state index contributed by atoms with van der Waals surface area (Å²) in [4.78, 5) is 9.76. The van der Waals surface area contributed by atoms with E-state index in [4.69, 9.17) is 0 Å². The van der Waals surface area contributed by atoms with Crippen molar-refractivity contribution >= 4 is 6.29 Å². The van der Waals surface area contributed by atoms with Crippen LogP contribution in [0.5, 0.6) is 0 Å². The molecule has 1 saturated heterocycles. The fourth-order valence-electron chi connectivity index (χ4n) is 0.182. The van der Waals surface area contributed by atoms with Crippen molar-refractivity contribution in [2.75, 3.05) is 6.61 Å². The van der Waals surface area contributed by atoms with Crippen LogP contribution in [0.25, 0.3) is 0 Å². The lowest BCUT2D eigenvalue weighted by molar-refractivity contribution is -0.111. The first-order valence-corrected chi connectivity index (χ1v) is 1.87. The molecule has 0 radical (unpaired) electrons. The molecular formula is C4H8O3. The molecule has 3 nitrogen and oxygen atoms in total. The number of aldehydes is 1. The highest BCUT2D eigenvalue weighted by Crippen LogP contribution is 2.21. The van der Waals surface area contributed by atoms with Gasteiger partial charge in [-0.25, -0.2) is 0 Å². The van der Waals surface area contributed by atoms with Gasteiger partial charge in [-0.05, 0) is 6.92 Å². The van der Waals surface area contributed by atoms with Crippen molar-refractivity contribution in [3.8, 4) is 0 Å². The van der Waals surface area contributed by atoms with Gasteiger partial charge in [0, 0.05) is 0 Å². The van der Waals surface area contributed by atoms with Crippen LogP contribution in [-0.4, -0.2) is 24.0 Å². The summed E-state index contributed by atoms with van der Waals surface area (Å²) in [6.45, 7) is 2.37. The average molecular weight is 104 g/mol. The molecule has 0 spiro atoms. The van der Waals surface area contributed by atoms with Gasteiger partial charge in [0.25, 0.3) is 0 Å². The van der Waals surface area contributed by atoms with Crippen molar-refractivity contribution < 1.29 is 15.0 Å². The second-order valence-corrected chi connectivity index (χ2v) is 1.72. The summed E-state index contributed by atoms with van der Waals surface area (Å²) < 4.78 is 4.68. The fraction of sp³-hybridized carbons (Fsp3) is 0.750. The molecule has 1 rings (SSSR count). The van der Waals surface area contributed by atoms with Gasteiger partial charge < -0.3 is 15.0 Å². The number of carbonyl (C=O) groups is 1. The summed E-state index contributed by atoms with van der Waals surface area (Å²) in [5, 5.41) is 0. The van der Waals surface area contributed by atoms with Crippen LogP contribution in [0.2, 0.25) is 0 Å². The lowest BCUT2D eigenvalue weighted by Crippen LogP contribution is -2.03. The van der Waals surface area contributed by atoms with E-state index in [9.17, 15) is 4.79 Å². The standard InChI is InChI=1S/C4H6O2.H2O/c1-4(2-5)3-6-4;/h2H,3H2,1H3;1H2. The summed E-state index contributed by atoms with van der Waals surface area (Å²) in [5.41, 5.74) is -0.389. The molecule has 42 valence electrons.